The minimum Gasteiger partial charge on any atom is -0.390 e. The maximum atomic E-state index is 10.0. The Hall–Kier alpha value is -0.120. The second-order valence-electron chi connectivity index (χ2n) is 5.96. The molecule has 0 aromatic rings. The Balaban J connectivity index is 1.72. The molecular formula is C15H28O3. The summed E-state index contributed by atoms with van der Waals surface area (Å²) in [4.78, 5) is 0. The molecule has 1 saturated carbocycles. The van der Waals surface area contributed by atoms with Gasteiger partial charge < -0.3 is 14.6 Å². The second-order valence-corrected chi connectivity index (χ2v) is 5.96. The normalized spacial score (nSPS) is 34.7. The van der Waals surface area contributed by atoms with E-state index in [0.717, 1.165) is 51.4 Å². The van der Waals surface area contributed by atoms with Crippen LogP contribution in [0, 0.1) is 11.8 Å². The largest absolute Gasteiger partial charge is 0.390 e. The smallest absolute Gasteiger partial charge is 0.0836 e. The maximum absolute atomic E-state index is 10.0. The van der Waals surface area contributed by atoms with Crippen LogP contribution in [0.1, 0.15) is 51.9 Å². The summed E-state index contributed by atoms with van der Waals surface area (Å²) in [5, 5.41) is 10.0. The number of rotatable bonds is 5. The third-order valence-electron chi connectivity index (χ3n) is 4.45. The number of aliphatic hydroxyl groups is 1. The predicted octanol–water partition coefficient (Wildman–Crippen LogP) is 2.76. The predicted molar refractivity (Wildman–Crippen MR) is 71.5 cm³/mol. The van der Waals surface area contributed by atoms with Crippen molar-refractivity contribution in [2.45, 2.75) is 64.1 Å². The molecule has 2 rings (SSSR count). The number of ether oxygens (including phenoxy) is 2. The lowest BCUT2D eigenvalue weighted by Gasteiger charge is -2.34. The fourth-order valence-electron chi connectivity index (χ4n) is 3.22. The summed E-state index contributed by atoms with van der Waals surface area (Å²) in [5.41, 5.74) is 0. The topological polar surface area (TPSA) is 38.7 Å². The van der Waals surface area contributed by atoms with E-state index in [1.54, 1.807) is 0 Å². The molecule has 1 N–H and O–H groups in total. The van der Waals surface area contributed by atoms with Crippen molar-refractivity contribution in [1.82, 2.24) is 0 Å². The van der Waals surface area contributed by atoms with E-state index in [9.17, 15) is 5.11 Å². The van der Waals surface area contributed by atoms with Crippen LogP contribution in [0.2, 0.25) is 0 Å². The van der Waals surface area contributed by atoms with Gasteiger partial charge in [0.15, 0.2) is 0 Å². The summed E-state index contributed by atoms with van der Waals surface area (Å²) in [7, 11) is 0. The molecule has 1 aliphatic heterocycles. The molecule has 3 unspecified atom stereocenters. The summed E-state index contributed by atoms with van der Waals surface area (Å²) < 4.78 is 11.4. The lowest BCUT2D eigenvalue weighted by atomic mass is 9.83. The van der Waals surface area contributed by atoms with E-state index >= 15 is 0 Å². The molecule has 3 heteroatoms. The van der Waals surface area contributed by atoms with Gasteiger partial charge in [-0.3, -0.25) is 0 Å². The van der Waals surface area contributed by atoms with Gasteiger partial charge in [-0.05, 0) is 43.9 Å². The van der Waals surface area contributed by atoms with Crippen LogP contribution in [-0.2, 0) is 9.47 Å². The summed E-state index contributed by atoms with van der Waals surface area (Å²) >= 11 is 0. The molecule has 1 heterocycles. The Kier molecular flexibility index (Phi) is 5.93. The zero-order valence-electron chi connectivity index (χ0n) is 11.6. The maximum Gasteiger partial charge on any atom is 0.0836 e. The van der Waals surface area contributed by atoms with E-state index in [4.69, 9.17) is 9.47 Å². The summed E-state index contributed by atoms with van der Waals surface area (Å²) in [6, 6.07) is 0. The highest BCUT2D eigenvalue weighted by Gasteiger charge is 2.30. The SMILES string of the molecule is CCCC1CCC(O)C(OCC2CCOCC2)C1. The van der Waals surface area contributed by atoms with Gasteiger partial charge in [0.05, 0.1) is 18.8 Å². The monoisotopic (exact) mass is 256 g/mol. The molecule has 18 heavy (non-hydrogen) atoms. The molecule has 0 spiro atoms. The van der Waals surface area contributed by atoms with E-state index in [-0.39, 0.29) is 12.2 Å². The van der Waals surface area contributed by atoms with Gasteiger partial charge in [0.25, 0.3) is 0 Å². The molecule has 0 aromatic heterocycles. The highest BCUT2D eigenvalue weighted by atomic mass is 16.5. The van der Waals surface area contributed by atoms with Crippen molar-refractivity contribution in [3.63, 3.8) is 0 Å². The van der Waals surface area contributed by atoms with Crippen molar-refractivity contribution in [3.05, 3.63) is 0 Å². The Labute approximate surface area is 111 Å². The first-order chi connectivity index (χ1) is 8.79. The molecule has 3 nitrogen and oxygen atoms in total. The van der Waals surface area contributed by atoms with Crippen LogP contribution in [0.25, 0.3) is 0 Å². The summed E-state index contributed by atoms with van der Waals surface area (Å²) in [6.07, 6.45) is 7.74. The van der Waals surface area contributed by atoms with Gasteiger partial charge in [-0.25, -0.2) is 0 Å². The molecule has 1 aliphatic carbocycles. The third kappa shape index (κ3) is 4.22. The van der Waals surface area contributed by atoms with Crippen molar-refractivity contribution in [3.8, 4) is 0 Å². The lowest BCUT2D eigenvalue weighted by molar-refractivity contribution is -0.0900. The fraction of sp³-hybridized carbons (Fsp3) is 1.00. The van der Waals surface area contributed by atoms with Gasteiger partial charge in [-0.15, -0.1) is 0 Å². The van der Waals surface area contributed by atoms with Crippen LogP contribution < -0.4 is 0 Å². The fourth-order valence-corrected chi connectivity index (χ4v) is 3.22. The molecule has 106 valence electrons. The molecule has 0 radical (unpaired) electrons. The van der Waals surface area contributed by atoms with Gasteiger partial charge in [0.2, 0.25) is 0 Å². The Morgan fingerprint density at radius 1 is 1.11 bits per heavy atom. The molecule has 1 saturated heterocycles. The first-order valence-electron chi connectivity index (χ1n) is 7.67. The van der Waals surface area contributed by atoms with Crippen LogP contribution in [-0.4, -0.2) is 37.1 Å². The quantitative estimate of drug-likeness (QED) is 0.822. The Morgan fingerprint density at radius 3 is 2.61 bits per heavy atom. The number of aliphatic hydroxyl groups excluding tert-OH is 1. The standard InChI is InChI=1S/C15H28O3/c1-2-3-12-4-5-14(16)15(10-12)18-11-13-6-8-17-9-7-13/h12-16H,2-11H2,1H3. The van der Waals surface area contributed by atoms with Crippen molar-refractivity contribution >= 4 is 0 Å². The zero-order chi connectivity index (χ0) is 12.8. The van der Waals surface area contributed by atoms with Crippen molar-refractivity contribution in [2.75, 3.05) is 19.8 Å². The minimum atomic E-state index is -0.238. The average molecular weight is 256 g/mol. The first kappa shape index (κ1) is 14.3. The van der Waals surface area contributed by atoms with Gasteiger partial charge >= 0.3 is 0 Å². The third-order valence-corrected chi connectivity index (χ3v) is 4.45. The molecule has 0 aromatic carbocycles. The highest BCUT2D eigenvalue weighted by Crippen LogP contribution is 2.30. The van der Waals surface area contributed by atoms with Crippen molar-refractivity contribution in [2.24, 2.45) is 11.8 Å². The number of hydrogen-bond donors (Lipinski definition) is 1. The highest BCUT2D eigenvalue weighted by molar-refractivity contribution is 4.81. The van der Waals surface area contributed by atoms with Crippen molar-refractivity contribution in [1.29, 1.82) is 0 Å². The second kappa shape index (κ2) is 7.46. The van der Waals surface area contributed by atoms with E-state index in [0.29, 0.717) is 5.92 Å². The molecule has 0 bridgehead atoms. The minimum absolute atomic E-state index is 0.0816. The lowest BCUT2D eigenvalue weighted by Crippen LogP contribution is -2.37. The van der Waals surface area contributed by atoms with E-state index in [1.807, 2.05) is 0 Å². The molecule has 0 amide bonds. The zero-order valence-corrected chi connectivity index (χ0v) is 11.6. The van der Waals surface area contributed by atoms with Crippen LogP contribution >= 0.6 is 0 Å². The van der Waals surface area contributed by atoms with Crippen LogP contribution in [0.3, 0.4) is 0 Å². The molecule has 2 aliphatic rings. The van der Waals surface area contributed by atoms with Gasteiger partial charge in [0.1, 0.15) is 0 Å². The molecule has 2 fully saturated rings. The molecule has 3 atom stereocenters. The van der Waals surface area contributed by atoms with Gasteiger partial charge in [-0.2, -0.15) is 0 Å². The number of hydrogen-bond acceptors (Lipinski definition) is 3. The molecular weight excluding hydrogens is 228 g/mol. The van der Waals surface area contributed by atoms with Crippen LogP contribution in [0.15, 0.2) is 0 Å². The van der Waals surface area contributed by atoms with Crippen LogP contribution in [0.4, 0.5) is 0 Å². The Bertz CT molecular complexity index is 226. The van der Waals surface area contributed by atoms with Gasteiger partial charge in [-0.1, -0.05) is 19.8 Å². The van der Waals surface area contributed by atoms with Gasteiger partial charge in [0, 0.05) is 13.2 Å². The first-order valence-corrected chi connectivity index (χ1v) is 7.67. The van der Waals surface area contributed by atoms with E-state index in [1.165, 1.54) is 19.3 Å². The summed E-state index contributed by atoms with van der Waals surface area (Å²) in [6.45, 7) is 4.80. The van der Waals surface area contributed by atoms with E-state index < -0.39 is 0 Å². The summed E-state index contributed by atoms with van der Waals surface area (Å²) in [5.74, 6) is 1.40. The van der Waals surface area contributed by atoms with Crippen molar-refractivity contribution < 1.29 is 14.6 Å². The average Bonchev–Trinajstić information content (AvgIpc) is 2.41. The van der Waals surface area contributed by atoms with E-state index in [2.05, 4.69) is 6.92 Å². The Morgan fingerprint density at radius 2 is 1.89 bits per heavy atom. The van der Waals surface area contributed by atoms with Crippen LogP contribution in [0.5, 0.6) is 0 Å².